The minimum absolute atomic E-state index is 0.149. The van der Waals surface area contributed by atoms with Crippen molar-refractivity contribution in [3.05, 3.63) is 35.6 Å². The second-order valence-electron chi connectivity index (χ2n) is 2.86. The van der Waals surface area contributed by atoms with Crippen LogP contribution in [0.3, 0.4) is 0 Å². The van der Waals surface area contributed by atoms with Crippen molar-refractivity contribution in [3.63, 3.8) is 0 Å². The van der Waals surface area contributed by atoms with Crippen molar-refractivity contribution in [2.45, 2.75) is 6.42 Å². The van der Waals surface area contributed by atoms with Crippen LogP contribution in [0.5, 0.6) is 0 Å². The third-order valence-corrected chi connectivity index (χ3v) is 2.77. The highest BCUT2D eigenvalue weighted by molar-refractivity contribution is 7.13. The quantitative estimate of drug-likeness (QED) is 0.832. The monoisotopic (exact) mass is 206 g/mol. The molecule has 0 amide bonds. The first-order valence-corrected chi connectivity index (χ1v) is 5.24. The maximum atomic E-state index is 8.75. The van der Waals surface area contributed by atoms with E-state index in [-0.39, 0.29) is 6.61 Å². The van der Waals surface area contributed by atoms with Gasteiger partial charge in [-0.1, -0.05) is 0 Å². The maximum Gasteiger partial charge on any atom is 0.125 e. The van der Waals surface area contributed by atoms with Gasteiger partial charge in [0, 0.05) is 36.4 Å². The van der Waals surface area contributed by atoms with Gasteiger partial charge in [0.05, 0.1) is 5.69 Å². The fourth-order valence-corrected chi connectivity index (χ4v) is 2.00. The standard InChI is InChI=1S/C10H10N2OS/c13-5-3-9-7-14-10(12-9)8-2-1-4-11-6-8/h1-2,4,6-7,13H,3,5H2. The molecule has 0 spiro atoms. The van der Waals surface area contributed by atoms with Gasteiger partial charge in [0.25, 0.3) is 0 Å². The molecule has 0 fully saturated rings. The summed E-state index contributed by atoms with van der Waals surface area (Å²) in [6.45, 7) is 0.149. The molecule has 0 atom stereocenters. The minimum Gasteiger partial charge on any atom is -0.396 e. The molecular weight excluding hydrogens is 196 g/mol. The summed E-state index contributed by atoms with van der Waals surface area (Å²) in [4.78, 5) is 8.42. The molecule has 4 heteroatoms. The third-order valence-electron chi connectivity index (χ3n) is 1.83. The summed E-state index contributed by atoms with van der Waals surface area (Å²) < 4.78 is 0. The molecule has 0 saturated carbocycles. The molecule has 0 radical (unpaired) electrons. The van der Waals surface area contributed by atoms with Crippen molar-refractivity contribution in [1.82, 2.24) is 9.97 Å². The van der Waals surface area contributed by atoms with Crippen LogP contribution < -0.4 is 0 Å². The first-order valence-electron chi connectivity index (χ1n) is 4.36. The molecule has 2 aromatic rings. The summed E-state index contributed by atoms with van der Waals surface area (Å²) in [7, 11) is 0. The van der Waals surface area contributed by atoms with Crippen LogP contribution in [0, 0.1) is 0 Å². The van der Waals surface area contributed by atoms with Gasteiger partial charge in [-0.05, 0) is 12.1 Å². The van der Waals surface area contributed by atoms with E-state index < -0.39 is 0 Å². The smallest absolute Gasteiger partial charge is 0.125 e. The van der Waals surface area contributed by atoms with Crippen LogP contribution in [-0.4, -0.2) is 21.7 Å². The molecular formula is C10H10N2OS. The topological polar surface area (TPSA) is 46.0 Å². The zero-order chi connectivity index (χ0) is 9.80. The largest absolute Gasteiger partial charge is 0.396 e. The Morgan fingerprint density at radius 3 is 3.07 bits per heavy atom. The maximum absolute atomic E-state index is 8.75. The SMILES string of the molecule is OCCc1csc(-c2cccnc2)n1. The van der Waals surface area contributed by atoms with E-state index in [2.05, 4.69) is 9.97 Å². The van der Waals surface area contributed by atoms with Gasteiger partial charge in [-0.2, -0.15) is 0 Å². The van der Waals surface area contributed by atoms with Crippen molar-refractivity contribution in [1.29, 1.82) is 0 Å². The van der Waals surface area contributed by atoms with Crippen molar-refractivity contribution >= 4 is 11.3 Å². The molecule has 14 heavy (non-hydrogen) atoms. The second kappa shape index (κ2) is 4.30. The lowest BCUT2D eigenvalue weighted by Gasteiger charge is -1.93. The van der Waals surface area contributed by atoms with Crippen LogP contribution >= 0.6 is 11.3 Å². The number of aromatic nitrogens is 2. The lowest BCUT2D eigenvalue weighted by molar-refractivity contribution is 0.298. The number of aliphatic hydroxyl groups excluding tert-OH is 1. The number of aliphatic hydroxyl groups is 1. The number of hydrogen-bond donors (Lipinski definition) is 1. The Bertz CT molecular complexity index is 400. The molecule has 1 N–H and O–H groups in total. The van der Waals surface area contributed by atoms with Crippen molar-refractivity contribution in [2.75, 3.05) is 6.61 Å². The van der Waals surface area contributed by atoms with Crippen LogP contribution in [0.4, 0.5) is 0 Å². The Balaban J connectivity index is 2.25. The highest BCUT2D eigenvalue weighted by Crippen LogP contribution is 2.22. The molecule has 0 aliphatic heterocycles. The van der Waals surface area contributed by atoms with Crippen LogP contribution in [0.1, 0.15) is 5.69 Å². The van der Waals surface area contributed by atoms with E-state index >= 15 is 0 Å². The van der Waals surface area contributed by atoms with Gasteiger partial charge in [0.1, 0.15) is 5.01 Å². The Hall–Kier alpha value is -1.26. The van der Waals surface area contributed by atoms with E-state index in [1.54, 1.807) is 23.7 Å². The Morgan fingerprint density at radius 1 is 1.43 bits per heavy atom. The lowest BCUT2D eigenvalue weighted by Crippen LogP contribution is -1.90. The summed E-state index contributed by atoms with van der Waals surface area (Å²) in [5.74, 6) is 0. The van der Waals surface area contributed by atoms with E-state index in [1.165, 1.54) is 0 Å². The normalized spacial score (nSPS) is 10.4. The molecule has 0 aliphatic rings. The van der Waals surface area contributed by atoms with Crippen molar-refractivity contribution in [3.8, 4) is 10.6 Å². The van der Waals surface area contributed by atoms with Gasteiger partial charge in [-0.15, -0.1) is 11.3 Å². The van der Waals surface area contributed by atoms with Crippen molar-refractivity contribution < 1.29 is 5.11 Å². The fourth-order valence-electron chi connectivity index (χ4n) is 1.16. The van der Waals surface area contributed by atoms with E-state index in [0.29, 0.717) is 6.42 Å². The highest BCUT2D eigenvalue weighted by atomic mass is 32.1. The number of pyridine rings is 1. The van der Waals surface area contributed by atoms with Crippen LogP contribution in [0.2, 0.25) is 0 Å². The molecule has 0 saturated heterocycles. The Morgan fingerprint density at radius 2 is 2.36 bits per heavy atom. The summed E-state index contributed by atoms with van der Waals surface area (Å²) in [6.07, 6.45) is 4.16. The van der Waals surface area contributed by atoms with Crippen LogP contribution in [0.25, 0.3) is 10.6 Å². The van der Waals surface area contributed by atoms with Gasteiger partial charge in [-0.3, -0.25) is 4.98 Å². The number of thiazole rings is 1. The first kappa shape index (κ1) is 9.30. The zero-order valence-corrected chi connectivity index (χ0v) is 8.37. The third kappa shape index (κ3) is 1.97. The first-order chi connectivity index (χ1) is 6.90. The second-order valence-corrected chi connectivity index (χ2v) is 3.72. The molecule has 3 nitrogen and oxygen atoms in total. The summed E-state index contributed by atoms with van der Waals surface area (Å²) >= 11 is 1.58. The molecule has 2 heterocycles. The molecule has 72 valence electrons. The molecule has 0 bridgehead atoms. The van der Waals surface area contributed by atoms with Gasteiger partial charge in [0.15, 0.2) is 0 Å². The fraction of sp³-hybridized carbons (Fsp3) is 0.200. The predicted molar refractivity (Wildman–Crippen MR) is 56.1 cm³/mol. The Kier molecular flexibility index (Phi) is 2.86. The summed E-state index contributed by atoms with van der Waals surface area (Å²) in [6, 6.07) is 3.87. The van der Waals surface area contributed by atoms with E-state index in [0.717, 1.165) is 16.3 Å². The van der Waals surface area contributed by atoms with E-state index in [1.807, 2.05) is 17.5 Å². The average molecular weight is 206 g/mol. The number of rotatable bonds is 3. The van der Waals surface area contributed by atoms with E-state index in [4.69, 9.17) is 5.11 Å². The van der Waals surface area contributed by atoms with Crippen LogP contribution in [-0.2, 0) is 6.42 Å². The summed E-state index contributed by atoms with van der Waals surface area (Å²) in [5.41, 5.74) is 1.97. The van der Waals surface area contributed by atoms with E-state index in [9.17, 15) is 0 Å². The average Bonchev–Trinajstić information content (AvgIpc) is 2.68. The number of nitrogens with zero attached hydrogens (tertiary/aromatic N) is 2. The van der Waals surface area contributed by atoms with Crippen molar-refractivity contribution in [2.24, 2.45) is 0 Å². The van der Waals surface area contributed by atoms with Gasteiger partial charge in [0.2, 0.25) is 0 Å². The minimum atomic E-state index is 0.149. The van der Waals surface area contributed by atoms with Gasteiger partial charge >= 0.3 is 0 Å². The van der Waals surface area contributed by atoms with Gasteiger partial charge in [-0.25, -0.2) is 4.98 Å². The predicted octanol–water partition coefficient (Wildman–Crippen LogP) is 1.74. The molecule has 0 unspecified atom stereocenters. The molecule has 2 rings (SSSR count). The molecule has 0 aliphatic carbocycles. The molecule has 0 aromatic carbocycles. The van der Waals surface area contributed by atoms with Crippen LogP contribution in [0.15, 0.2) is 29.9 Å². The number of hydrogen-bond acceptors (Lipinski definition) is 4. The Labute approximate surface area is 86.1 Å². The zero-order valence-electron chi connectivity index (χ0n) is 7.55. The van der Waals surface area contributed by atoms with Gasteiger partial charge < -0.3 is 5.11 Å². The molecule has 2 aromatic heterocycles. The highest BCUT2D eigenvalue weighted by Gasteiger charge is 2.03. The lowest BCUT2D eigenvalue weighted by atomic mass is 10.3. The summed E-state index contributed by atoms with van der Waals surface area (Å²) in [5, 5.41) is 11.7.